The molecule has 0 fully saturated rings. The van der Waals surface area contributed by atoms with Gasteiger partial charge >= 0.3 is 0 Å². The van der Waals surface area contributed by atoms with Crippen LogP contribution in [0.25, 0.3) is 11.5 Å². The Morgan fingerprint density at radius 1 is 1.23 bits per heavy atom. The summed E-state index contributed by atoms with van der Waals surface area (Å²) in [7, 11) is 0. The van der Waals surface area contributed by atoms with E-state index >= 15 is 0 Å². The maximum absolute atomic E-state index is 6.17. The smallest absolute Gasteiger partial charge is 0.249 e. The number of rotatable bonds is 3. The molecule has 0 spiro atoms. The van der Waals surface area contributed by atoms with Crippen LogP contribution in [0, 0.1) is 0 Å². The fourth-order valence-electron chi connectivity index (χ4n) is 2.68. The van der Waals surface area contributed by atoms with Gasteiger partial charge in [0.15, 0.2) is 0 Å². The molecule has 3 heterocycles. The molecule has 0 saturated carbocycles. The standard InChI is InChI=1S/C16H14ClN3OS/c17-13-4-2-1-3-12(13)16-19-18-15(21-16)10-20-7-5-11-6-8-22-14(11)9-20/h1-4,6,8H,5,7,9-10H2. The molecule has 0 unspecified atom stereocenters. The number of thiophene rings is 1. The van der Waals surface area contributed by atoms with Gasteiger partial charge in [0, 0.05) is 18.0 Å². The van der Waals surface area contributed by atoms with Crippen LogP contribution in [0.4, 0.5) is 0 Å². The highest BCUT2D eigenvalue weighted by molar-refractivity contribution is 7.10. The third kappa shape index (κ3) is 2.67. The first-order valence-electron chi connectivity index (χ1n) is 7.14. The fourth-order valence-corrected chi connectivity index (χ4v) is 3.87. The van der Waals surface area contributed by atoms with Gasteiger partial charge in [-0.1, -0.05) is 23.7 Å². The molecule has 0 atom stereocenters. The van der Waals surface area contributed by atoms with E-state index in [2.05, 4.69) is 26.5 Å². The Balaban J connectivity index is 1.50. The molecule has 1 aromatic carbocycles. The molecule has 0 saturated heterocycles. The third-order valence-corrected chi connectivity index (χ3v) is 5.11. The second-order valence-corrected chi connectivity index (χ2v) is 6.72. The summed E-state index contributed by atoms with van der Waals surface area (Å²) in [6.07, 6.45) is 1.09. The van der Waals surface area contributed by atoms with Gasteiger partial charge in [-0.05, 0) is 35.6 Å². The zero-order valence-electron chi connectivity index (χ0n) is 11.8. The number of nitrogens with zero attached hydrogens (tertiary/aromatic N) is 3. The van der Waals surface area contributed by atoms with Crippen molar-refractivity contribution in [1.82, 2.24) is 15.1 Å². The number of halogens is 1. The van der Waals surface area contributed by atoms with Crippen LogP contribution in [-0.4, -0.2) is 21.6 Å². The summed E-state index contributed by atoms with van der Waals surface area (Å²) < 4.78 is 5.78. The zero-order chi connectivity index (χ0) is 14.9. The molecule has 0 radical (unpaired) electrons. The molecule has 0 bridgehead atoms. The molecule has 112 valence electrons. The maximum Gasteiger partial charge on any atom is 0.249 e. The largest absolute Gasteiger partial charge is 0.419 e. The number of hydrogen-bond donors (Lipinski definition) is 0. The van der Waals surface area contributed by atoms with Gasteiger partial charge in [-0.2, -0.15) is 0 Å². The first-order valence-corrected chi connectivity index (χ1v) is 8.40. The van der Waals surface area contributed by atoms with Crippen LogP contribution in [0.5, 0.6) is 0 Å². The van der Waals surface area contributed by atoms with Gasteiger partial charge in [-0.3, -0.25) is 4.90 Å². The first kappa shape index (κ1) is 13.9. The van der Waals surface area contributed by atoms with Gasteiger partial charge in [0.05, 0.1) is 17.1 Å². The van der Waals surface area contributed by atoms with Crippen LogP contribution in [0.15, 0.2) is 40.1 Å². The van der Waals surface area contributed by atoms with E-state index < -0.39 is 0 Å². The Kier molecular flexibility index (Phi) is 3.70. The van der Waals surface area contributed by atoms with Crippen molar-refractivity contribution < 1.29 is 4.42 Å². The van der Waals surface area contributed by atoms with E-state index in [1.165, 1.54) is 10.4 Å². The zero-order valence-corrected chi connectivity index (χ0v) is 13.4. The molecule has 4 nitrogen and oxygen atoms in total. The molecular weight excluding hydrogens is 318 g/mol. The number of benzene rings is 1. The van der Waals surface area contributed by atoms with Crippen molar-refractivity contribution >= 4 is 22.9 Å². The Morgan fingerprint density at radius 3 is 3.05 bits per heavy atom. The van der Waals surface area contributed by atoms with E-state index in [0.29, 0.717) is 23.3 Å². The lowest BCUT2D eigenvalue weighted by atomic mass is 10.1. The highest BCUT2D eigenvalue weighted by Gasteiger charge is 2.20. The lowest BCUT2D eigenvalue weighted by Crippen LogP contribution is -2.29. The minimum Gasteiger partial charge on any atom is -0.419 e. The van der Waals surface area contributed by atoms with E-state index in [0.717, 1.165) is 25.1 Å². The molecular formula is C16H14ClN3OS. The second-order valence-electron chi connectivity index (χ2n) is 5.31. The van der Waals surface area contributed by atoms with Crippen molar-refractivity contribution in [2.45, 2.75) is 19.5 Å². The average Bonchev–Trinajstić information content (AvgIpc) is 3.16. The minimum absolute atomic E-state index is 0.481. The molecule has 1 aliphatic rings. The topological polar surface area (TPSA) is 42.2 Å². The molecule has 1 aliphatic heterocycles. The van der Waals surface area contributed by atoms with Crippen molar-refractivity contribution in [1.29, 1.82) is 0 Å². The van der Waals surface area contributed by atoms with E-state index in [-0.39, 0.29) is 0 Å². The Morgan fingerprint density at radius 2 is 2.14 bits per heavy atom. The molecule has 4 rings (SSSR count). The number of aromatic nitrogens is 2. The van der Waals surface area contributed by atoms with Crippen molar-refractivity contribution in [2.75, 3.05) is 6.54 Å². The molecule has 3 aromatic rings. The Labute approximate surface area is 137 Å². The van der Waals surface area contributed by atoms with Crippen molar-refractivity contribution in [3.05, 3.63) is 57.1 Å². The number of hydrogen-bond acceptors (Lipinski definition) is 5. The van der Waals surface area contributed by atoms with Gasteiger partial charge in [-0.15, -0.1) is 21.5 Å². The van der Waals surface area contributed by atoms with E-state index in [1.807, 2.05) is 35.6 Å². The van der Waals surface area contributed by atoms with Gasteiger partial charge in [0.25, 0.3) is 0 Å². The van der Waals surface area contributed by atoms with E-state index in [1.54, 1.807) is 0 Å². The maximum atomic E-state index is 6.17. The van der Waals surface area contributed by atoms with Crippen molar-refractivity contribution in [3.8, 4) is 11.5 Å². The molecule has 22 heavy (non-hydrogen) atoms. The SMILES string of the molecule is Clc1ccccc1-c1nnc(CN2CCc3ccsc3C2)o1. The number of fused-ring (bicyclic) bond motifs is 1. The summed E-state index contributed by atoms with van der Waals surface area (Å²) in [5, 5.41) is 11.1. The molecule has 6 heteroatoms. The summed E-state index contributed by atoms with van der Waals surface area (Å²) in [5.74, 6) is 1.12. The molecule has 2 aromatic heterocycles. The lowest BCUT2D eigenvalue weighted by Gasteiger charge is -2.24. The molecule has 0 aliphatic carbocycles. The van der Waals surface area contributed by atoms with Gasteiger partial charge < -0.3 is 4.42 Å². The highest BCUT2D eigenvalue weighted by Crippen LogP contribution is 2.28. The minimum atomic E-state index is 0.481. The van der Waals surface area contributed by atoms with Gasteiger partial charge in [-0.25, -0.2) is 0 Å². The Bertz CT molecular complexity index is 798. The van der Waals surface area contributed by atoms with Crippen LogP contribution in [0.2, 0.25) is 5.02 Å². The summed E-state index contributed by atoms with van der Waals surface area (Å²) in [6, 6.07) is 9.73. The molecule has 0 amide bonds. The molecule has 0 N–H and O–H groups in total. The first-order chi connectivity index (χ1) is 10.8. The summed E-state index contributed by atoms with van der Waals surface area (Å²) in [5.41, 5.74) is 2.26. The lowest BCUT2D eigenvalue weighted by molar-refractivity contribution is 0.225. The van der Waals surface area contributed by atoms with Crippen molar-refractivity contribution in [3.63, 3.8) is 0 Å². The monoisotopic (exact) mass is 331 g/mol. The highest BCUT2D eigenvalue weighted by atomic mass is 35.5. The average molecular weight is 332 g/mol. The van der Waals surface area contributed by atoms with Crippen LogP contribution < -0.4 is 0 Å². The predicted molar refractivity (Wildman–Crippen MR) is 86.9 cm³/mol. The van der Waals surface area contributed by atoms with Crippen molar-refractivity contribution in [2.24, 2.45) is 0 Å². The second kappa shape index (κ2) is 5.83. The van der Waals surface area contributed by atoms with Gasteiger partial charge in [0.2, 0.25) is 11.8 Å². The van der Waals surface area contributed by atoms with Crippen LogP contribution in [0.1, 0.15) is 16.3 Å². The third-order valence-electron chi connectivity index (χ3n) is 3.83. The van der Waals surface area contributed by atoms with Crippen LogP contribution in [-0.2, 0) is 19.5 Å². The summed E-state index contributed by atoms with van der Waals surface area (Å²) >= 11 is 7.98. The normalized spacial score (nSPS) is 15.0. The fraction of sp³-hybridized carbons (Fsp3) is 0.250. The van der Waals surface area contributed by atoms with Crippen LogP contribution >= 0.6 is 22.9 Å². The summed E-state index contributed by atoms with van der Waals surface area (Å²) in [6.45, 7) is 2.65. The summed E-state index contributed by atoms with van der Waals surface area (Å²) in [4.78, 5) is 3.78. The Hall–Kier alpha value is -1.69. The van der Waals surface area contributed by atoms with Crippen LogP contribution in [0.3, 0.4) is 0 Å². The predicted octanol–water partition coefficient (Wildman–Crippen LogP) is 4.01. The van der Waals surface area contributed by atoms with Gasteiger partial charge in [0.1, 0.15) is 0 Å². The van der Waals surface area contributed by atoms with E-state index in [9.17, 15) is 0 Å². The quantitative estimate of drug-likeness (QED) is 0.727. The van der Waals surface area contributed by atoms with E-state index in [4.69, 9.17) is 16.0 Å².